The number of anilines is 2. The van der Waals surface area contributed by atoms with E-state index in [1.807, 2.05) is 6.07 Å². The molecule has 0 aliphatic heterocycles. The van der Waals surface area contributed by atoms with Crippen LogP contribution in [0.1, 0.15) is 5.56 Å². The van der Waals surface area contributed by atoms with Crippen LogP contribution in [0.3, 0.4) is 0 Å². The van der Waals surface area contributed by atoms with Crippen molar-refractivity contribution in [1.82, 2.24) is 5.32 Å². The lowest BCUT2D eigenvalue weighted by atomic mass is 10.1. The molecule has 0 saturated heterocycles. The second kappa shape index (κ2) is 8.62. The largest absolute Gasteiger partial charge is 0.508 e. The van der Waals surface area contributed by atoms with E-state index in [-0.39, 0.29) is 11.3 Å². The minimum Gasteiger partial charge on any atom is -0.508 e. The first-order valence-corrected chi connectivity index (χ1v) is 7.85. The lowest BCUT2D eigenvalue weighted by Crippen LogP contribution is -2.27. The molecule has 128 valence electrons. The van der Waals surface area contributed by atoms with Gasteiger partial charge in [-0.05, 0) is 42.3 Å². The van der Waals surface area contributed by atoms with Crippen molar-refractivity contribution in [2.75, 3.05) is 17.6 Å². The molecule has 0 aromatic heterocycles. The molecule has 0 fully saturated rings. The van der Waals surface area contributed by atoms with Crippen LogP contribution in [0, 0.1) is 11.3 Å². The number of amides is 1. The maximum Gasteiger partial charge on any atom is 0.263 e. The van der Waals surface area contributed by atoms with E-state index >= 15 is 0 Å². The highest BCUT2D eigenvalue weighted by atomic mass is 35.5. The van der Waals surface area contributed by atoms with Gasteiger partial charge in [-0.25, -0.2) is 0 Å². The Kier molecular flexibility index (Phi) is 6.26. The van der Waals surface area contributed by atoms with E-state index in [4.69, 9.17) is 22.6 Å². The zero-order valence-electron chi connectivity index (χ0n) is 13.3. The van der Waals surface area contributed by atoms with E-state index in [1.165, 1.54) is 6.20 Å². The number of nitrogens with one attached hydrogen (secondary N) is 2. The fourth-order valence-corrected chi connectivity index (χ4v) is 2.18. The number of aromatic hydroxyl groups is 1. The molecule has 0 atom stereocenters. The first-order valence-electron chi connectivity index (χ1n) is 7.47. The monoisotopic (exact) mass is 356 g/mol. The van der Waals surface area contributed by atoms with Crippen molar-refractivity contribution >= 4 is 28.9 Å². The second-order valence-corrected chi connectivity index (χ2v) is 5.63. The summed E-state index contributed by atoms with van der Waals surface area (Å²) in [6.45, 7) is 0.371. The molecule has 5 N–H and O–H groups in total. The number of nitrogen functional groups attached to an aromatic ring is 1. The summed E-state index contributed by atoms with van der Waals surface area (Å²) in [5.74, 6) is -0.286. The Morgan fingerprint density at radius 1 is 1.28 bits per heavy atom. The predicted octanol–water partition coefficient (Wildman–Crippen LogP) is 2.81. The van der Waals surface area contributed by atoms with Gasteiger partial charge >= 0.3 is 0 Å². The van der Waals surface area contributed by atoms with Gasteiger partial charge < -0.3 is 21.5 Å². The zero-order chi connectivity index (χ0) is 18.2. The average Bonchev–Trinajstić information content (AvgIpc) is 2.60. The molecule has 0 spiro atoms. The highest BCUT2D eigenvalue weighted by Gasteiger charge is 2.08. The SMILES string of the molecule is N#C/C(=C/Nc1ccc(N)c(Cl)c1)C(=O)NCCc1ccc(O)cc1. The molecule has 25 heavy (non-hydrogen) atoms. The summed E-state index contributed by atoms with van der Waals surface area (Å²) in [4.78, 5) is 12.0. The number of benzene rings is 2. The van der Waals surface area contributed by atoms with Crippen LogP contribution in [-0.2, 0) is 11.2 Å². The fraction of sp³-hybridized carbons (Fsp3) is 0.111. The molecule has 0 heterocycles. The van der Waals surface area contributed by atoms with Crippen LogP contribution in [0.5, 0.6) is 5.75 Å². The Bertz CT molecular complexity index is 826. The molecular weight excluding hydrogens is 340 g/mol. The molecule has 0 radical (unpaired) electrons. The number of hydrogen-bond acceptors (Lipinski definition) is 5. The van der Waals surface area contributed by atoms with E-state index in [0.29, 0.717) is 29.4 Å². The molecule has 0 unspecified atom stereocenters. The number of hydrogen-bond donors (Lipinski definition) is 4. The average molecular weight is 357 g/mol. The maximum absolute atomic E-state index is 12.0. The van der Waals surface area contributed by atoms with Crippen molar-refractivity contribution < 1.29 is 9.90 Å². The van der Waals surface area contributed by atoms with Gasteiger partial charge in [0.05, 0.1) is 10.7 Å². The summed E-state index contributed by atoms with van der Waals surface area (Å²) >= 11 is 5.92. The molecule has 1 amide bonds. The van der Waals surface area contributed by atoms with Crippen molar-refractivity contribution in [2.45, 2.75) is 6.42 Å². The Labute approximate surface area is 150 Å². The van der Waals surface area contributed by atoms with Gasteiger partial charge in [0.15, 0.2) is 0 Å². The van der Waals surface area contributed by atoms with Crippen LogP contribution in [0.25, 0.3) is 0 Å². The number of phenols is 1. The molecule has 6 nitrogen and oxygen atoms in total. The third-order valence-corrected chi connectivity index (χ3v) is 3.71. The number of nitrogens with two attached hydrogens (primary N) is 1. The normalized spacial score (nSPS) is 10.8. The third-order valence-electron chi connectivity index (χ3n) is 3.38. The molecular formula is C18H17ClN4O2. The van der Waals surface area contributed by atoms with Crippen molar-refractivity contribution in [1.29, 1.82) is 5.26 Å². The number of halogens is 1. The minimum absolute atomic E-state index is 0.0568. The van der Waals surface area contributed by atoms with Gasteiger partial charge in [0.25, 0.3) is 5.91 Å². The molecule has 0 aliphatic carbocycles. The van der Waals surface area contributed by atoms with Crippen molar-refractivity contribution in [3.63, 3.8) is 0 Å². The van der Waals surface area contributed by atoms with Crippen LogP contribution < -0.4 is 16.4 Å². The molecule has 7 heteroatoms. The molecule has 2 aromatic carbocycles. The second-order valence-electron chi connectivity index (χ2n) is 5.22. The summed E-state index contributed by atoms with van der Waals surface area (Å²) in [5, 5.41) is 24.3. The van der Waals surface area contributed by atoms with Crippen LogP contribution in [-0.4, -0.2) is 17.6 Å². The number of nitriles is 1. The van der Waals surface area contributed by atoms with Crippen molar-refractivity contribution in [3.05, 3.63) is 64.8 Å². The van der Waals surface area contributed by atoms with Gasteiger partial charge in [-0.1, -0.05) is 23.7 Å². The maximum atomic E-state index is 12.0. The summed E-state index contributed by atoms with van der Waals surface area (Å²) < 4.78 is 0. The van der Waals surface area contributed by atoms with Crippen LogP contribution in [0.4, 0.5) is 11.4 Å². The quantitative estimate of drug-likeness (QED) is 0.361. The Balaban J connectivity index is 1.90. The summed E-state index contributed by atoms with van der Waals surface area (Å²) in [5.41, 5.74) is 7.60. The van der Waals surface area contributed by atoms with Gasteiger partial charge in [0.1, 0.15) is 17.4 Å². The third kappa shape index (κ3) is 5.44. The van der Waals surface area contributed by atoms with Gasteiger partial charge in [-0.15, -0.1) is 0 Å². The topological polar surface area (TPSA) is 111 Å². The van der Waals surface area contributed by atoms with Crippen LogP contribution >= 0.6 is 11.6 Å². The van der Waals surface area contributed by atoms with Gasteiger partial charge in [0, 0.05) is 18.4 Å². The lowest BCUT2D eigenvalue weighted by Gasteiger charge is -2.06. The first kappa shape index (κ1) is 18.2. The summed E-state index contributed by atoms with van der Waals surface area (Å²) in [6.07, 6.45) is 1.91. The van der Waals surface area contributed by atoms with E-state index in [2.05, 4.69) is 10.6 Å². The van der Waals surface area contributed by atoms with E-state index < -0.39 is 5.91 Å². The molecule has 0 saturated carbocycles. The molecule has 2 aromatic rings. The van der Waals surface area contributed by atoms with Crippen LogP contribution in [0.2, 0.25) is 5.02 Å². The number of nitrogens with zero attached hydrogens (tertiary/aromatic N) is 1. The number of rotatable bonds is 6. The predicted molar refractivity (Wildman–Crippen MR) is 98.0 cm³/mol. The number of carbonyl (C=O) groups excluding carboxylic acids is 1. The Morgan fingerprint density at radius 2 is 2.00 bits per heavy atom. The molecule has 2 rings (SSSR count). The minimum atomic E-state index is -0.477. The summed E-state index contributed by atoms with van der Waals surface area (Å²) in [7, 11) is 0. The zero-order valence-corrected chi connectivity index (χ0v) is 14.0. The fourth-order valence-electron chi connectivity index (χ4n) is 2.00. The first-order chi connectivity index (χ1) is 12.0. The number of carbonyl (C=O) groups is 1. The highest BCUT2D eigenvalue weighted by Crippen LogP contribution is 2.22. The Hall–Kier alpha value is -3.17. The molecule has 0 aliphatic rings. The highest BCUT2D eigenvalue weighted by molar-refractivity contribution is 6.33. The molecule has 0 bridgehead atoms. The number of phenolic OH excluding ortho intramolecular Hbond substituents is 1. The van der Waals surface area contributed by atoms with Crippen LogP contribution in [0.15, 0.2) is 54.2 Å². The van der Waals surface area contributed by atoms with E-state index in [0.717, 1.165) is 5.56 Å². The van der Waals surface area contributed by atoms with Gasteiger partial charge in [0.2, 0.25) is 0 Å². The van der Waals surface area contributed by atoms with Gasteiger partial charge in [-0.2, -0.15) is 5.26 Å². The van der Waals surface area contributed by atoms with Gasteiger partial charge in [-0.3, -0.25) is 4.79 Å². The van der Waals surface area contributed by atoms with E-state index in [1.54, 1.807) is 42.5 Å². The standard InChI is InChI=1S/C18H17ClN4O2/c19-16-9-14(3-6-17(16)21)23-11-13(10-20)18(25)22-8-7-12-1-4-15(24)5-2-12/h1-6,9,11,23-24H,7-8,21H2,(H,22,25)/b13-11-. The van der Waals surface area contributed by atoms with Crippen molar-refractivity contribution in [2.24, 2.45) is 0 Å². The summed E-state index contributed by atoms with van der Waals surface area (Å²) in [6, 6.07) is 13.5. The smallest absolute Gasteiger partial charge is 0.263 e. The lowest BCUT2D eigenvalue weighted by molar-refractivity contribution is -0.117. The van der Waals surface area contributed by atoms with E-state index in [9.17, 15) is 9.90 Å². The van der Waals surface area contributed by atoms with Crippen molar-refractivity contribution in [3.8, 4) is 11.8 Å². The Morgan fingerprint density at radius 3 is 2.64 bits per heavy atom.